The Morgan fingerprint density at radius 1 is 0.243 bits per heavy atom. The summed E-state index contributed by atoms with van der Waals surface area (Å²) in [4.78, 5) is 154. The Labute approximate surface area is 446 Å². The van der Waals surface area contributed by atoms with Crippen molar-refractivity contribution >= 4 is 58.9 Å². The minimum absolute atomic E-state index is 0.0314. The van der Waals surface area contributed by atoms with Crippen LogP contribution in [-0.2, 0) is 47.9 Å². The van der Waals surface area contributed by atoms with Crippen LogP contribution in [0.3, 0.4) is 0 Å². The Kier molecular flexibility index (Phi) is 29.5. The third-order valence-corrected chi connectivity index (χ3v) is 14.3. The van der Waals surface area contributed by atoms with Gasteiger partial charge in [-0.25, -0.2) is 0 Å². The summed E-state index contributed by atoms with van der Waals surface area (Å²) in [5, 5.41) is 0. The van der Waals surface area contributed by atoms with Gasteiger partial charge in [-0.3, -0.25) is 47.9 Å². The molecule has 0 rings (SSSR count). The summed E-state index contributed by atoms with van der Waals surface area (Å²) in [5.74, 6) is -10.8. The molecule has 0 saturated carbocycles. The van der Waals surface area contributed by atoms with Gasteiger partial charge in [-0.15, -0.1) is 0 Å². The van der Waals surface area contributed by atoms with Crippen LogP contribution in [0.25, 0.3) is 0 Å². The van der Waals surface area contributed by atoms with Crippen molar-refractivity contribution in [2.75, 3.05) is 127 Å². The van der Waals surface area contributed by atoms with E-state index in [1.165, 1.54) is 51.0 Å². The fraction of sp³-hybridized carbons (Fsp3) is 0.818. The van der Waals surface area contributed by atoms with Crippen LogP contribution < -0.4 is 0 Å². The molecular formula is C55H101N9O10. The molecule has 10 unspecified atom stereocenters. The van der Waals surface area contributed by atoms with Gasteiger partial charge in [0.25, 0.3) is 0 Å². The number of Topliss-reactive ketones (excluding diaryl/α,β-unsaturated/α-hetero) is 1. The highest BCUT2D eigenvalue weighted by Gasteiger charge is 2.42. The third-order valence-electron chi connectivity index (χ3n) is 14.3. The van der Waals surface area contributed by atoms with E-state index in [-0.39, 0.29) is 129 Å². The van der Waals surface area contributed by atoms with Crippen molar-refractivity contribution in [2.24, 2.45) is 71.0 Å². The highest BCUT2D eigenvalue weighted by atomic mass is 16.2. The van der Waals surface area contributed by atoms with Gasteiger partial charge < -0.3 is 44.1 Å². The van der Waals surface area contributed by atoms with E-state index in [2.05, 4.69) is 0 Å². The number of nitrogens with zero attached hydrogens (tertiary/aromatic N) is 9. The molecule has 9 amide bonds. The molecule has 426 valence electrons. The molecule has 19 nitrogen and oxygen atoms in total. The maximum Gasteiger partial charge on any atom is 0.225 e. The quantitative estimate of drug-likeness (QED) is 0.0986. The molecule has 0 aromatic rings. The van der Waals surface area contributed by atoms with Crippen LogP contribution in [-0.4, -0.2) is 230 Å². The molecule has 0 aromatic heterocycles. The van der Waals surface area contributed by atoms with Crippen molar-refractivity contribution in [1.29, 1.82) is 0 Å². The number of hydrogen-bond acceptors (Lipinski definition) is 10. The minimum Gasteiger partial charge on any atom is -0.349 e. The molecule has 0 aliphatic rings. The van der Waals surface area contributed by atoms with Crippen molar-refractivity contribution in [2.45, 2.75) is 98.8 Å². The maximum absolute atomic E-state index is 14.5. The summed E-state index contributed by atoms with van der Waals surface area (Å²) in [6.07, 6.45) is 0.642. The first-order valence-electron chi connectivity index (χ1n) is 26.3. The lowest BCUT2D eigenvalue weighted by Gasteiger charge is -2.34. The zero-order valence-corrected chi connectivity index (χ0v) is 50.1. The van der Waals surface area contributed by atoms with E-state index in [9.17, 15) is 47.9 Å². The van der Waals surface area contributed by atoms with E-state index in [0.717, 1.165) is 0 Å². The molecule has 19 heteroatoms. The van der Waals surface area contributed by atoms with Gasteiger partial charge in [0.1, 0.15) is 5.78 Å². The zero-order chi connectivity index (χ0) is 58.0. The summed E-state index contributed by atoms with van der Waals surface area (Å²) in [6, 6.07) is 0. The highest BCUT2D eigenvalue weighted by molar-refractivity contribution is 5.87. The van der Waals surface area contributed by atoms with Crippen LogP contribution in [0.4, 0.5) is 0 Å². The number of ketones is 1. The molecule has 10 atom stereocenters. The van der Waals surface area contributed by atoms with Gasteiger partial charge in [0.2, 0.25) is 53.2 Å². The van der Waals surface area contributed by atoms with E-state index < -0.39 is 59.2 Å². The fourth-order valence-corrected chi connectivity index (χ4v) is 10.5. The van der Waals surface area contributed by atoms with Crippen LogP contribution in [0.5, 0.6) is 0 Å². The summed E-state index contributed by atoms with van der Waals surface area (Å²) in [7, 11) is 28.9. The highest BCUT2D eigenvalue weighted by Crippen LogP contribution is 2.37. The van der Waals surface area contributed by atoms with Crippen LogP contribution in [0, 0.1) is 71.0 Å². The monoisotopic (exact) mass is 1050 g/mol. The maximum atomic E-state index is 14.5. The lowest BCUT2D eigenvalue weighted by Crippen LogP contribution is -2.43. The van der Waals surface area contributed by atoms with E-state index in [4.69, 9.17) is 0 Å². The molecule has 0 radical (unpaired) electrons. The van der Waals surface area contributed by atoms with Crippen LogP contribution in [0.2, 0.25) is 0 Å². The van der Waals surface area contributed by atoms with E-state index >= 15 is 0 Å². The molecule has 0 aliphatic carbocycles. The fourth-order valence-electron chi connectivity index (χ4n) is 10.5. The van der Waals surface area contributed by atoms with Gasteiger partial charge in [0.15, 0.2) is 0 Å². The topological polar surface area (TPSA) is 200 Å². The Morgan fingerprint density at radius 2 is 0.378 bits per heavy atom. The van der Waals surface area contributed by atoms with Gasteiger partial charge in [0.05, 0.1) is 0 Å². The largest absolute Gasteiger partial charge is 0.349 e. The average molecular weight is 1050 g/mol. The Hall–Kier alpha value is -5.10. The summed E-state index contributed by atoms with van der Waals surface area (Å²) < 4.78 is 0. The van der Waals surface area contributed by atoms with Crippen molar-refractivity contribution in [1.82, 2.24) is 44.1 Å². The van der Waals surface area contributed by atoms with Crippen molar-refractivity contribution in [3.8, 4) is 0 Å². The first-order chi connectivity index (χ1) is 33.9. The molecule has 0 aromatic carbocycles. The number of hydrogen-bond donors (Lipinski definition) is 0. The second kappa shape index (κ2) is 31.7. The van der Waals surface area contributed by atoms with E-state index in [1.54, 1.807) is 127 Å². The lowest BCUT2D eigenvalue weighted by molar-refractivity contribution is -0.142. The van der Waals surface area contributed by atoms with Gasteiger partial charge >= 0.3 is 0 Å². The summed E-state index contributed by atoms with van der Waals surface area (Å²) in [5.41, 5.74) is 0. The van der Waals surface area contributed by atoms with Gasteiger partial charge in [-0.1, -0.05) is 27.7 Å². The van der Waals surface area contributed by atoms with Crippen molar-refractivity contribution < 1.29 is 47.9 Å². The van der Waals surface area contributed by atoms with Gasteiger partial charge in [0, 0.05) is 186 Å². The number of carbonyl (C=O) groups excluding carboxylic acids is 10. The van der Waals surface area contributed by atoms with Crippen LogP contribution >= 0.6 is 0 Å². The molecule has 0 aliphatic heterocycles. The van der Waals surface area contributed by atoms with Crippen LogP contribution in [0.1, 0.15) is 98.8 Å². The Morgan fingerprint density at radius 3 is 0.486 bits per heavy atom. The molecule has 0 N–H and O–H groups in total. The molecule has 0 fully saturated rings. The molecular weight excluding hydrogens is 947 g/mol. The zero-order valence-electron chi connectivity index (χ0n) is 50.1. The second-order valence-electron chi connectivity index (χ2n) is 23.6. The predicted octanol–water partition coefficient (Wildman–Crippen LogP) is 3.74. The first kappa shape index (κ1) is 68.9. The molecule has 0 saturated heterocycles. The first-order valence-corrected chi connectivity index (χ1v) is 26.3. The number of amides is 9. The van der Waals surface area contributed by atoms with Gasteiger partial charge in [-0.05, 0) is 83.0 Å². The van der Waals surface area contributed by atoms with Gasteiger partial charge in [-0.2, -0.15) is 0 Å². The summed E-state index contributed by atoms with van der Waals surface area (Å²) in [6.45, 7) is 9.34. The molecule has 0 bridgehead atoms. The van der Waals surface area contributed by atoms with Crippen molar-refractivity contribution in [3.63, 3.8) is 0 Å². The minimum atomic E-state index is -0.980. The van der Waals surface area contributed by atoms with E-state index in [0.29, 0.717) is 6.42 Å². The number of rotatable bonds is 31. The lowest BCUT2D eigenvalue weighted by atomic mass is 9.74. The average Bonchev–Trinajstić information content (AvgIpc) is 3.29. The molecule has 74 heavy (non-hydrogen) atoms. The van der Waals surface area contributed by atoms with Crippen molar-refractivity contribution in [3.05, 3.63) is 0 Å². The summed E-state index contributed by atoms with van der Waals surface area (Å²) >= 11 is 0. The predicted molar refractivity (Wildman–Crippen MR) is 290 cm³/mol. The third kappa shape index (κ3) is 22.0. The standard InChI is InChI=1S/C55H101N9O10/c1-34(2)24-37(47(66)56(6)7)25-38(48(67)57(8)9)26-39(49(68)58(10)11)27-40(50(69)59(12)13)28-41(51(70)60(14)15)29-42(52(71)61(16)17)30-43(53(72)62(18)19)31-44(54(73)63(20)21)32-45(55(74)64(22)23)33-46(35(3)4)36(5)65/h34-35,37-46H,24-33H2,1-23H3. The van der Waals surface area contributed by atoms with Crippen LogP contribution in [0.15, 0.2) is 0 Å². The Bertz CT molecular complexity index is 1890. The Balaban J connectivity index is 7.90. The molecule has 0 spiro atoms. The number of carbonyl (C=O) groups is 10. The normalized spacial score (nSPS) is 15.5. The smallest absolute Gasteiger partial charge is 0.225 e. The SMILES string of the molecule is CC(=O)C(CC(CC(CC(CC(CC(CC(CC(CC(CC(CC(C)C)C(=O)N(C)C)C(=O)N(C)C)C(=O)N(C)C)C(=O)N(C)C)C(=O)N(C)C)C(=O)N(C)C)C(=O)N(C)C)C(=O)N(C)C)C(=O)N(C)C)C(C)C. The molecule has 0 heterocycles. The second-order valence-corrected chi connectivity index (χ2v) is 23.6. The van der Waals surface area contributed by atoms with E-state index in [1.807, 2.05) is 27.7 Å².